The minimum atomic E-state index is -0.298. The highest BCUT2D eigenvalue weighted by Gasteiger charge is 2.13. The number of fused-ring (bicyclic) bond motifs is 1. The van der Waals surface area contributed by atoms with Crippen molar-refractivity contribution in [3.63, 3.8) is 0 Å². The predicted octanol–water partition coefficient (Wildman–Crippen LogP) is 0.519. The summed E-state index contributed by atoms with van der Waals surface area (Å²) >= 11 is 0. The number of H-pyrrole nitrogens is 1. The summed E-state index contributed by atoms with van der Waals surface area (Å²) in [6, 6.07) is 1.53. The average molecular weight is 289 g/mol. The lowest BCUT2D eigenvalue weighted by atomic mass is 10.2. The highest BCUT2D eigenvalue weighted by Crippen LogP contribution is 2.09. The molecule has 2 aromatic heterocycles. The highest BCUT2D eigenvalue weighted by molar-refractivity contribution is 5.96. The molecule has 7 nitrogen and oxygen atoms in total. The Morgan fingerprint density at radius 2 is 2.14 bits per heavy atom. The van der Waals surface area contributed by atoms with Crippen molar-refractivity contribution in [1.29, 1.82) is 0 Å². The van der Waals surface area contributed by atoms with Gasteiger partial charge in [0.25, 0.3) is 11.5 Å². The minimum Gasteiger partial charge on any atom is -0.342 e. The topological polar surface area (TPSA) is 105 Å². The van der Waals surface area contributed by atoms with Gasteiger partial charge >= 0.3 is 0 Å². The third kappa shape index (κ3) is 3.63. The number of nitrogens with one attached hydrogen (secondary N) is 1. The van der Waals surface area contributed by atoms with Crippen LogP contribution in [0.4, 0.5) is 0 Å². The molecule has 0 aliphatic rings. The van der Waals surface area contributed by atoms with Crippen molar-refractivity contribution < 1.29 is 4.79 Å². The molecule has 0 spiro atoms. The van der Waals surface area contributed by atoms with Crippen LogP contribution in [-0.4, -0.2) is 45.9 Å². The maximum Gasteiger partial charge on any atom is 0.260 e. The first-order valence-electron chi connectivity index (χ1n) is 6.92. The van der Waals surface area contributed by atoms with Gasteiger partial charge in [-0.15, -0.1) is 0 Å². The van der Waals surface area contributed by atoms with E-state index in [2.05, 4.69) is 15.0 Å². The molecule has 2 rings (SSSR count). The Morgan fingerprint density at radius 1 is 1.33 bits per heavy atom. The monoisotopic (exact) mass is 289 g/mol. The molecule has 0 aromatic carbocycles. The van der Waals surface area contributed by atoms with Crippen LogP contribution in [0, 0.1) is 0 Å². The number of carbonyl (C=O) groups excluding carboxylic acids is 1. The first-order valence-corrected chi connectivity index (χ1v) is 6.92. The van der Waals surface area contributed by atoms with Gasteiger partial charge in [0.2, 0.25) is 0 Å². The van der Waals surface area contributed by atoms with E-state index in [0.29, 0.717) is 29.7 Å². The fraction of sp³-hybridized carbons (Fsp3) is 0.429. The van der Waals surface area contributed by atoms with E-state index < -0.39 is 0 Å². The van der Waals surface area contributed by atoms with Crippen LogP contribution in [-0.2, 0) is 0 Å². The van der Waals surface area contributed by atoms with Gasteiger partial charge in [-0.1, -0.05) is 6.42 Å². The van der Waals surface area contributed by atoms with E-state index in [-0.39, 0.29) is 11.5 Å². The first-order chi connectivity index (χ1) is 10.1. The van der Waals surface area contributed by atoms with E-state index in [1.165, 1.54) is 18.6 Å². The van der Waals surface area contributed by atoms with Gasteiger partial charge in [-0.25, -0.2) is 9.97 Å². The molecule has 2 heterocycles. The number of carbonyl (C=O) groups is 1. The van der Waals surface area contributed by atoms with Gasteiger partial charge in [0.05, 0.1) is 17.3 Å². The number of pyridine rings is 1. The Bertz CT molecular complexity index is 682. The normalized spacial score (nSPS) is 10.8. The Morgan fingerprint density at radius 3 is 2.90 bits per heavy atom. The SMILES string of the molecule is CN(CCCCCN)C(=O)c1cnc2nc[nH]c(=O)c2c1. The number of nitrogens with zero attached hydrogens (tertiary/aromatic N) is 3. The summed E-state index contributed by atoms with van der Waals surface area (Å²) in [4.78, 5) is 36.1. The molecule has 3 N–H and O–H groups in total. The summed E-state index contributed by atoms with van der Waals surface area (Å²) in [5.74, 6) is -0.152. The first kappa shape index (κ1) is 15.1. The van der Waals surface area contributed by atoms with Crippen LogP contribution in [0.3, 0.4) is 0 Å². The number of aromatic nitrogens is 3. The number of unbranched alkanes of at least 4 members (excludes halogenated alkanes) is 2. The zero-order chi connectivity index (χ0) is 15.2. The molecule has 0 radical (unpaired) electrons. The average Bonchev–Trinajstić information content (AvgIpc) is 2.51. The van der Waals surface area contributed by atoms with Crippen molar-refractivity contribution in [3.8, 4) is 0 Å². The standard InChI is InChI=1S/C14H19N5O2/c1-19(6-4-2-3-5-15)14(21)10-7-11-12(16-8-10)17-9-18-13(11)20/h7-9H,2-6,15H2,1H3,(H,16,17,18,20). The lowest BCUT2D eigenvalue weighted by Gasteiger charge is -2.17. The lowest BCUT2D eigenvalue weighted by Crippen LogP contribution is -2.28. The lowest BCUT2D eigenvalue weighted by molar-refractivity contribution is 0.0792. The van der Waals surface area contributed by atoms with Crippen molar-refractivity contribution in [2.75, 3.05) is 20.1 Å². The van der Waals surface area contributed by atoms with Crippen molar-refractivity contribution in [2.24, 2.45) is 5.73 Å². The van der Waals surface area contributed by atoms with E-state index in [4.69, 9.17) is 5.73 Å². The molecule has 112 valence electrons. The second-order valence-corrected chi connectivity index (χ2v) is 4.90. The molecule has 1 amide bonds. The van der Waals surface area contributed by atoms with E-state index in [1.54, 1.807) is 11.9 Å². The molecule has 0 unspecified atom stereocenters. The second-order valence-electron chi connectivity index (χ2n) is 4.90. The molecule has 7 heteroatoms. The largest absolute Gasteiger partial charge is 0.342 e. The zero-order valence-corrected chi connectivity index (χ0v) is 12.0. The van der Waals surface area contributed by atoms with E-state index in [0.717, 1.165) is 19.3 Å². The number of rotatable bonds is 6. The van der Waals surface area contributed by atoms with Gasteiger partial charge in [0.15, 0.2) is 5.65 Å². The molecule has 0 fully saturated rings. The van der Waals surface area contributed by atoms with Crippen molar-refractivity contribution in [1.82, 2.24) is 19.9 Å². The van der Waals surface area contributed by atoms with Crippen LogP contribution in [0.2, 0.25) is 0 Å². The second kappa shape index (κ2) is 6.94. The summed E-state index contributed by atoms with van der Waals surface area (Å²) in [6.45, 7) is 1.32. The molecule has 2 aromatic rings. The van der Waals surface area contributed by atoms with Crippen LogP contribution >= 0.6 is 0 Å². The van der Waals surface area contributed by atoms with Gasteiger partial charge < -0.3 is 15.6 Å². The van der Waals surface area contributed by atoms with Crippen LogP contribution in [0.15, 0.2) is 23.4 Å². The smallest absolute Gasteiger partial charge is 0.260 e. The molecule has 0 aliphatic carbocycles. The minimum absolute atomic E-state index is 0.152. The fourth-order valence-corrected chi connectivity index (χ4v) is 2.07. The van der Waals surface area contributed by atoms with Crippen LogP contribution < -0.4 is 11.3 Å². The Hall–Kier alpha value is -2.28. The van der Waals surface area contributed by atoms with Crippen molar-refractivity contribution in [3.05, 3.63) is 34.5 Å². The highest BCUT2D eigenvalue weighted by atomic mass is 16.2. The Balaban J connectivity index is 2.12. The summed E-state index contributed by atoms with van der Waals surface area (Å²) in [6.07, 6.45) is 5.60. The third-order valence-corrected chi connectivity index (χ3v) is 3.29. The van der Waals surface area contributed by atoms with E-state index >= 15 is 0 Å². The van der Waals surface area contributed by atoms with Gasteiger partial charge in [-0.05, 0) is 25.5 Å². The molecule has 0 saturated carbocycles. The molecular formula is C14H19N5O2. The van der Waals surface area contributed by atoms with Crippen LogP contribution in [0.25, 0.3) is 11.0 Å². The van der Waals surface area contributed by atoms with Crippen LogP contribution in [0.1, 0.15) is 29.6 Å². The van der Waals surface area contributed by atoms with Gasteiger partial charge in [-0.2, -0.15) is 0 Å². The zero-order valence-electron chi connectivity index (χ0n) is 12.0. The Kier molecular flexibility index (Phi) is 4.99. The summed E-state index contributed by atoms with van der Waals surface area (Å²) in [5.41, 5.74) is 5.86. The molecule has 0 saturated heterocycles. The fourth-order valence-electron chi connectivity index (χ4n) is 2.07. The number of amides is 1. The maximum absolute atomic E-state index is 12.3. The molecular weight excluding hydrogens is 270 g/mol. The van der Waals surface area contributed by atoms with Gasteiger partial charge in [0.1, 0.15) is 0 Å². The maximum atomic E-state index is 12.3. The van der Waals surface area contributed by atoms with Crippen molar-refractivity contribution in [2.45, 2.75) is 19.3 Å². The van der Waals surface area contributed by atoms with E-state index in [9.17, 15) is 9.59 Å². The van der Waals surface area contributed by atoms with Gasteiger partial charge in [0, 0.05) is 19.8 Å². The predicted molar refractivity (Wildman–Crippen MR) is 80.0 cm³/mol. The summed E-state index contributed by atoms with van der Waals surface area (Å²) in [7, 11) is 1.74. The molecule has 0 atom stereocenters. The molecule has 21 heavy (non-hydrogen) atoms. The molecule has 0 aliphatic heterocycles. The number of nitrogens with two attached hydrogens (primary N) is 1. The summed E-state index contributed by atoms with van der Waals surface area (Å²) in [5, 5.41) is 0.319. The summed E-state index contributed by atoms with van der Waals surface area (Å²) < 4.78 is 0. The third-order valence-electron chi connectivity index (χ3n) is 3.29. The number of hydrogen-bond donors (Lipinski definition) is 2. The van der Waals surface area contributed by atoms with Crippen molar-refractivity contribution >= 4 is 16.9 Å². The van der Waals surface area contributed by atoms with Crippen LogP contribution in [0.5, 0.6) is 0 Å². The molecule has 0 bridgehead atoms. The quantitative estimate of drug-likeness (QED) is 0.754. The Labute approximate surface area is 122 Å². The van der Waals surface area contributed by atoms with E-state index in [1.807, 2.05) is 0 Å². The van der Waals surface area contributed by atoms with Gasteiger partial charge in [-0.3, -0.25) is 9.59 Å². The number of aromatic amines is 1. The number of hydrogen-bond acceptors (Lipinski definition) is 5.